The summed E-state index contributed by atoms with van der Waals surface area (Å²) in [6.45, 7) is 4.92. The summed E-state index contributed by atoms with van der Waals surface area (Å²) in [5.41, 5.74) is 2.07. The van der Waals surface area contributed by atoms with Crippen LogP contribution in [0.25, 0.3) is 0 Å². The van der Waals surface area contributed by atoms with Gasteiger partial charge in [-0.3, -0.25) is 0 Å². The second kappa shape index (κ2) is 3.64. The van der Waals surface area contributed by atoms with Crippen molar-refractivity contribution >= 4 is 0 Å². The van der Waals surface area contributed by atoms with Gasteiger partial charge < -0.3 is 18.9 Å². The van der Waals surface area contributed by atoms with Gasteiger partial charge in [-0.25, -0.2) is 0 Å². The molecule has 4 heteroatoms. The van der Waals surface area contributed by atoms with Crippen LogP contribution < -0.4 is 9.47 Å². The van der Waals surface area contributed by atoms with Crippen LogP contribution in [0.2, 0.25) is 0 Å². The van der Waals surface area contributed by atoms with E-state index in [2.05, 4.69) is 0 Å². The van der Waals surface area contributed by atoms with Crippen molar-refractivity contribution in [2.45, 2.75) is 39.6 Å². The van der Waals surface area contributed by atoms with Crippen molar-refractivity contribution < 1.29 is 18.9 Å². The number of fused-ring (bicyclic) bond motifs is 2. The van der Waals surface area contributed by atoms with E-state index in [-0.39, 0.29) is 12.6 Å². The van der Waals surface area contributed by atoms with Crippen LogP contribution in [-0.2, 0) is 22.7 Å². The van der Waals surface area contributed by atoms with Crippen molar-refractivity contribution in [2.24, 2.45) is 0 Å². The standard InChI is InChI=1S/C12H14O4/c1-7-13-5-9-4-12-10(3-11(9)15-7)6-14-8(2)16-12/h3-4,7-8H,5-6H2,1-2H3/t7-,8-/m0/s1. The zero-order valence-corrected chi connectivity index (χ0v) is 9.36. The summed E-state index contributed by atoms with van der Waals surface area (Å²) in [5, 5.41) is 0. The average molecular weight is 222 g/mol. The monoisotopic (exact) mass is 222 g/mol. The van der Waals surface area contributed by atoms with Gasteiger partial charge in [-0.1, -0.05) is 0 Å². The van der Waals surface area contributed by atoms with Crippen molar-refractivity contribution in [3.05, 3.63) is 23.3 Å². The fourth-order valence-corrected chi connectivity index (χ4v) is 1.93. The maximum atomic E-state index is 5.59. The zero-order valence-electron chi connectivity index (χ0n) is 9.36. The van der Waals surface area contributed by atoms with Crippen LogP contribution in [0.5, 0.6) is 11.5 Å². The highest BCUT2D eigenvalue weighted by Crippen LogP contribution is 2.35. The minimum atomic E-state index is -0.185. The van der Waals surface area contributed by atoms with E-state index in [0.717, 1.165) is 22.6 Å². The van der Waals surface area contributed by atoms with Crippen molar-refractivity contribution in [3.63, 3.8) is 0 Å². The van der Waals surface area contributed by atoms with E-state index in [4.69, 9.17) is 18.9 Å². The van der Waals surface area contributed by atoms with Crippen LogP contribution in [0.1, 0.15) is 25.0 Å². The molecule has 86 valence electrons. The van der Waals surface area contributed by atoms with Gasteiger partial charge in [0.2, 0.25) is 0 Å². The van der Waals surface area contributed by atoms with E-state index >= 15 is 0 Å². The Morgan fingerprint density at radius 3 is 1.75 bits per heavy atom. The Hall–Kier alpha value is -1.26. The molecule has 0 aliphatic carbocycles. The van der Waals surface area contributed by atoms with Gasteiger partial charge in [0.1, 0.15) is 11.5 Å². The summed E-state index contributed by atoms with van der Waals surface area (Å²) in [6, 6.07) is 3.96. The third-order valence-corrected chi connectivity index (χ3v) is 2.78. The van der Waals surface area contributed by atoms with Crippen LogP contribution in [-0.4, -0.2) is 12.6 Å². The largest absolute Gasteiger partial charge is 0.465 e. The fraction of sp³-hybridized carbons (Fsp3) is 0.500. The third-order valence-electron chi connectivity index (χ3n) is 2.78. The molecular weight excluding hydrogens is 208 g/mol. The molecular formula is C12H14O4. The first-order chi connectivity index (χ1) is 7.72. The highest BCUT2D eigenvalue weighted by molar-refractivity contribution is 5.47. The molecule has 2 atom stereocenters. The zero-order chi connectivity index (χ0) is 11.1. The van der Waals surface area contributed by atoms with E-state index in [9.17, 15) is 0 Å². The smallest absolute Gasteiger partial charge is 0.197 e. The number of benzene rings is 1. The Balaban J connectivity index is 1.99. The van der Waals surface area contributed by atoms with Gasteiger partial charge in [0.05, 0.1) is 13.2 Å². The van der Waals surface area contributed by atoms with Gasteiger partial charge in [0.25, 0.3) is 0 Å². The molecule has 2 aliphatic heterocycles. The molecule has 0 aromatic heterocycles. The van der Waals surface area contributed by atoms with Crippen LogP contribution in [0.3, 0.4) is 0 Å². The van der Waals surface area contributed by atoms with Crippen LogP contribution in [0, 0.1) is 0 Å². The van der Waals surface area contributed by atoms with E-state index in [0.29, 0.717) is 13.2 Å². The van der Waals surface area contributed by atoms with Crippen molar-refractivity contribution in [2.75, 3.05) is 0 Å². The Kier molecular flexibility index (Phi) is 2.26. The summed E-state index contributed by atoms with van der Waals surface area (Å²) in [5.74, 6) is 1.75. The molecule has 0 saturated heterocycles. The van der Waals surface area contributed by atoms with E-state index in [1.165, 1.54) is 0 Å². The molecule has 0 bridgehead atoms. The molecule has 0 N–H and O–H groups in total. The Labute approximate surface area is 94.1 Å². The summed E-state index contributed by atoms with van der Waals surface area (Å²) in [7, 11) is 0. The van der Waals surface area contributed by atoms with E-state index < -0.39 is 0 Å². The first-order valence-electron chi connectivity index (χ1n) is 5.44. The molecule has 1 aromatic rings. The van der Waals surface area contributed by atoms with Gasteiger partial charge >= 0.3 is 0 Å². The third kappa shape index (κ3) is 1.64. The Morgan fingerprint density at radius 2 is 1.31 bits per heavy atom. The minimum absolute atomic E-state index is 0.185. The van der Waals surface area contributed by atoms with Gasteiger partial charge in [0.15, 0.2) is 12.6 Å². The minimum Gasteiger partial charge on any atom is -0.465 e. The first-order valence-corrected chi connectivity index (χ1v) is 5.44. The molecule has 16 heavy (non-hydrogen) atoms. The van der Waals surface area contributed by atoms with Crippen molar-refractivity contribution in [1.82, 2.24) is 0 Å². The van der Waals surface area contributed by atoms with Crippen LogP contribution in [0.4, 0.5) is 0 Å². The van der Waals surface area contributed by atoms with Gasteiger partial charge in [-0.15, -0.1) is 0 Å². The molecule has 0 saturated carbocycles. The predicted molar refractivity (Wildman–Crippen MR) is 56.2 cm³/mol. The Bertz CT molecular complexity index is 376. The van der Waals surface area contributed by atoms with Gasteiger partial charge in [-0.05, 0) is 26.0 Å². The quantitative estimate of drug-likeness (QED) is 0.674. The summed E-state index contributed by atoms with van der Waals surface area (Å²) in [6.07, 6.45) is -0.371. The maximum absolute atomic E-state index is 5.59. The topological polar surface area (TPSA) is 36.9 Å². The number of ether oxygens (including phenoxy) is 4. The molecule has 0 fully saturated rings. The van der Waals surface area contributed by atoms with Crippen molar-refractivity contribution in [3.8, 4) is 11.5 Å². The SMILES string of the molecule is C[C@H]1OCc2cc3c(cc2O1)CO[C@H](C)O3. The molecule has 4 nitrogen and oxygen atoms in total. The lowest BCUT2D eigenvalue weighted by molar-refractivity contribution is -0.102. The molecule has 0 unspecified atom stereocenters. The number of rotatable bonds is 0. The normalized spacial score (nSPS) is 27.4. The molecule has 1 aromatic carbocycles. The van der Waals surface area contributed by atoms with Gasteiger partial charge in [-0.2, -0.15) is 0 Å². The Morgan fingerprint density at radius 1 is 0.875 bits per heavy atom. The summed E-state index contributed by atoms with van der Waals surface area (Å²) in [4.78, 5) is 0. The summed E-state index contributed by atoms with van der Waals surface area (Å²) < 4.78 is 22.0. The lowest BCUT2D eigenvalue weighted by Crippen LogP contribution is -2.25. The van der Waals surface area contributed by atoms with E-state index in [1.807, 2.05) is 26.0 Å². The molecule has 3 rings (SSSR count). The molecule has 0 amide bonds. The summed E-state index contributed by atoms with van der Waals surface area (Å²) >= 11 is 0. The molecule has 0 spiro atoms. The first kappa shape index (κ1) is 9.93. The fourth-order valence-electron chi connectivity index (χ4n) is 1.93. The average Bonchev–Trinajstić information content (AvgIpc) is 2.26. The van der Waals surface area contributed by atoms with Crippen LogP contribution in [0.15, 0.2) is 12.1 Å². The lowest BCUT2D eigenvalue weighted by atomic mass is 10.1. The maximum Gasteiger partial charge on any atom is 0.197 e. The second-order valence-electron chi connectivity index (χ2n) is 4.06. The number of hydrogen-bond donors (Lipinski definition) is 0. The molecule has 2 aliphatic rings. The predicted octanol–water partition coefficient (Wildman–Crippen LogP) is 2.20. The van der Waals surface area contributed by atoms with Crippen molar-refractivity contribution in [1.29, 1.82) is 0 Å². The second-order valence-corrected chi connectivity index (χ2v) is 4.06. The molecule has 0 radical (unpaired) electrons. The highest BCUT2D eigenvalue weighted by Gasteiger charge is 2.23. The van der Waals surface area contributed by atoms with Gasteiger partial charge in [0, 0.05) is 11.1 Å². The van der Waals surface area contributed by atoms with Crippen LogP contribution >= 0.6 is 0 Å². The number of hydrogen-bond acceptors (Lipinski definition) is 4. The molecule has 2 heterocycles. The van der Waals surface area contributed by atoms with E-state index in [1.54, 1.807) is 0 Å². The lowest BCUT2D eigenvalue weighted by Gasteiger charge is -2.28. The highest BCUT2D eigenvalue weighted by atomic mass is 16.7.